The highest BCUT2D eigenvalue weighted by molar-refractivity contribution is 5.82. The van der Waals surface area contributed by atoms with Crippen LogP contribution in [0.4, 0.5) is 0 Å². The first kappa shape index (κ1) is 16.0. The summed E-state index contributed by atoms with van der Waals surface area (Å²) in [6.07, 6.45) is 2.79. The molecule has 0 saturated carbocycles. The third-order valence-corrected chi connectivity index (χ3v) is 4.17. The molecule has 0 aromatic heterocycles. The van der Waals surface area contributed by atoms with Crippen LogP contribution in [0.25, 0.3) is 0 Å². The van der Waals surface area contributed by atoms with E-state index in [1.165, 1.54) is 0 Å². The van der Waals surface area contributed by atoms with Gasteiger partial charge in [-0.1, -0.05) is 30.3 Å². The molecule has 4 heteroatoms. The van der Waals surface area contributed by atoms with Gasteiger partial charge < -0.3 is 15.5 Å². The Balaban J connectivity index is 1.81. The van der Waals surface area contributed by atoms with Gasteiger partial charge in [-0.05, 0) is 44.8 Å². The fraction of sp³-hybridized carbons (Fsp3) is 0.588. The Labute approximate surface area is 127 Å². The summed E-state index contributed by atoms with van der Waals surface area (Å²) in [5.41, 5.74) is 7.22. The molecule has 1 unspecified atom stereocenters. The van der Waals surface area contributed by atoms with E-state index in [2.05, 4.69) is 19.0 Å². The van der Waals surface area contributed by atoms with Crippen molar-refractivity contribution in [1.29, 1.82) is 0 Å². The second-order valence-electron chi connectivity index (χ2n) is 6.33. The zero-order valence-electron chi connectivity index (χ0n) is 13.2. The van der Waals surface area contributed by atoms with E-state index in [1.54, 1.807) is 0 Å². The van der Waals surface area contributed by atoms with Crippen LogP contribution in [0.15, 0.2) is 30.3 Å². The average molecular weight is 289 g/mol. The van der Waals surface area contributed by atoms with E-state index in [0.29, 0.717) is 12.3 Å². The predicted octanol–water partition coefficient (Wildman–Crippen LogP) is 1.36. The van der Waals surface area contributed by atoms with Crippen molar-refractivity contribution in [3.05, 3.63) is 35.9 Å². The van der Waals surface area contributed by atoms with Crippen LogP contribution in [0.3, 0.4) is 0 Å². The summed E-state index contributed by atoms with van der Waals surface area (Å²) >= 11 is 0. The SMILES string of the molecule is CN(C)CC1CCN(C(=O)C(N)Cc2ccccc2)CC1. The van der Waals surface area contributed by atoms with Crippen LogP contribution in [0, 0.1) is 5.92 Å². The van der Waals surface area contributed by atoms with Crippen molar-refractivity contribution >= 4 is 5.91 Å². The summed E-state index contributed by atoms with van der Waals surface area (Å²) in [4.78, 5) is 16.6. The van der Waals surface area contributed by atoms with Crippen molar-refractivity contribution in [2.75, 3.05) is 33.7 Å². The molecule has 1 aromatic rings. The number of hydrogen-bond acceptors (Lipinski definition) is 3. The van der Waals surface area contributed by atoms with Crippen molar-refractivity contribution in [3.63, 3.8) is 0 Å². The standard InChI is InChI=1S/C17H27N3O/c1-19(2)13-15-8-10-20(11-9-15)17(21)16(18)12-14-6-4-3-5-7-14/h3-7,15-16H,8-13,18H2,1-2H3. The summed E-state index contributed by atoms with van der Waals surface area (Å²) in [6, 6.07) is 9.58. The van der Waals surface area contributed by atoms with Crippen molar-refractivity contribution in [2.24, 2.45) is 11.7 Å². The molecule has 116 valence electrons. The first-order chi connectivity index (χ1) is 10.1. The second-order valence-corrected chi connectivity index (χ2v) is 6.33. The normalized spacial score (nSPS) is 18.0. The first-order valence-corrected chi connectivity index (χ1v) is 7.79. The lowest BCUT2D eigenvalue weighted by Gasteiger charge is -2.34. The maximum absolute atomic E-state index is 12.4. The Morgan fingerprint density at radius 1 is 1.29 bits per heavy atom. The van der Waals surface area contributed by atoms with Crippen LogP contribution in [-0.4, -0.2) is 55.5 Å². The summed E-state index contributed by atoms with van der Waals surface area (Å²) in [5, 5.41) is 0. The number of hydrogen-bond donors (Lipinski definition) is 1. The minimum Gasteiger partial charge on any atom is -0.341 e. The molecule has 0 radical (unpaired) electrons. The highest BCUT2D eigenvalue weighted by Crippen LogP contribution is 2.18. The van der Waals surface area contributed by atoms with Crippen LogP contribution in [0.2, 0.25) is 0 Å². The molecule has 1 amide bonds. The molecule has 4 nitrogen and oxygen atoms in total. The second kappa shape index (κ2) is 7.57. The average Bonchev–Trinajstić information content (AvgIpc) is 2.47. The van der Waals surface area contributed by atoms with Crippen molar-refractivity contribution in [3.8, 4) is 0 Å². The molecule has 2 rings (SSSR count). The number of likely N-dealkylation sites (tertiary alicyclic amines) is 1. The largest absolute Gasteiger partial charge is 0.341 e. The maximum Gasteiger partial charge on any atom is 0.239 e. The van der Waals surface area contributed by atoms with E-state index in [-0.39, 0.29) is 5.91 Å². The first-order valence-electron chi connectivity index (χ1n) is 7.79. The Bertz CT molecular complexity index is 439. The topological polar surface area (TPSA) is 49.6 Å². The number of carbonyl (C=O) groups excluding carboxylic acids is 1. The van der Waals surface area contributed by atoms with Gasteiger partial charge in [0.05, 0.1) is 6.04 Å². The zero-order chi connectivity index (χ0) is 15.2. The molecule has 1 heterocycles. The number of nitrogens with two attached hydrogens (primary N) is 1. The van der Waals surface area contributed by atoms with Crippen molar-refractivity contribution < 1.29 is 4.79 Å². The van der Waals surface area contributed by atoms with E-state index in [1.807, 2.05) is 35.2 Å². The molecular weight excluding hydrogens is 262 g/mol. The maximum atomic E-state index is 12.4. The van der Waals surface area contributed by atoms with Crippen LogP contribution < -0.4 is 5.73 Å². The molecule has 1 aliphatic rings. The van der Waals surface area contributed by atoms with Gasteiger partial charge in [0.1, 0.15) is 0 Å². The number of carbonyl (C=O) groups is 1. The molecule has 1 aromatic carbocycles. The van der Waals surface area contributed by atoms with Gasteiger partial charge in [-0.25, -0.2) is 0 Å². The molecule has 0 bridgehead atoms. The predicted molar refractivity (Wildman–Crippen MR) is 86.0 cm³/mol. The summed E-state index contributed by atoms with van der Waals surface area (Å²) < 4.78 is 0. The summed E-state index contributed by atoms with van der Waals surface area (Å²) in [6.45, 7) is 2.80. The minimum atomic E-state index is -0.419. The van der Waals surface area contributed by atoms with Crippen LogP contribution in [-0.2, 0) is 11.2 Å². The van der Waals surface area contributed by atoms with Gasteiger partial charge in [0.15, 0.2) is 0 Å². The monoisotopic (exact) mass is 289 g/mol. The lowest BCUT2D eigenvalue weighted by Crippen LogP contribution is -2.48. The third kappa shape index (κ3) is 4.83. The quantitative estimate of drug-likeness (QED) is 0.890. The van der Waals surface area contributed by atoms with Crippen molar-refractivity contribution in [1.82, 2.24) is 9.80 Å². The van der Waals surface area contributed by atoms with Crippen molar-refractivity contribution in [2.45, 2.75) is 25.3 Å². The number of nitrogens with zero attached hydrogens (tertiary/aromatic N) is 2. The number of rotatable bonds is 5. The fourth-order valence-corrected chi connectivity index (χ4v) is 3.04. The van der Waals surface area contributed by atoms with Gasteiger partial charge in [0.25, 0.3) is 0 Å². The molecular formula is C17H27N3O. The molecule has 1 atom stereocenters. The fourth-order valence-electron chi connectivity index (χ4n) is 3.04. The molecule has 0 aliphatic carbocycles. The molecule has 1 saturated heterocycles. The van der Waals surface area contributed by atoms with Gasteiger partial charge >= 0.3 is 0 Å². The lowest BCUT2D eigenvalue weighted by molar-refractivity contribution is -0.134. The molecule has 1 fully saturated rings. The van der Waals surface area contributed by atoms with Crippen LogP contribution >= 0.6 is 0 Å². The number of piperidine rings is 1. The van der Waals surface area contributed by atoms with E-state index >= 15 is 0 Å². The number of amides is 1. The Morgan fingerprint density at radius 3 is 2.48 bits per heavy atom. The Kier molecular flexibility index (Phi) is 5.76. The molecule has 1 aliphatic heterocycles. The van der Waals surface area contributed by atoms with E-state index in [0.717, 1.165) is 38.0 Å². The van der Waals surface area contributed by atoms with Gasteiger partial charge in [0, 0.05) is 19.6 Å². The van der Waals surface area contributed by atoms with Crippen LogP contribution in [0.5, 0.6) is 0 Å². The third-order valence-electron chi connectivity index (χ3n) is 4.17. The highest BCUT2D eigenvalue weighted by Gasteiger charge is 2.26. The summed E-state index contributed by atoms with van der Waals surface area (Å²) in [5.74, 6) is 0.802. The van der Waals surface area contributed by atoms with E-state index < -0.39 is 6.04 Å². The molecule has 0 spiro atoms. The molecule has 2 N–H and O–H groups in total. The zero-order valence-corrected chi connectivity index (χ0v) is 13.2. The Hall–Kier alpha value is -1.39. The van der Waals surface area contributed by atoms with E-state index in [4.69, 9.17) is 5.73 Å². The summed E-state index contributed by atoms with van der Waals surface area (Å²) in [7, 11) is 4.21. The van der Waals surface area contributed by atoms with Gasteiger partial charge in [-0.15, -0.1) is 0 Å². The Morgan fingerprint density at radius 2 is 1.90 bits per heavy atom. The van der Waals surface area contributed by atoms with Gasteiger partial charge in [-0.3, -0.25) is 4.79 Å². The lowest BCUT2D eigenvalue weighted by atomic mass is 9.95. The van der Waals surface area contributed by atoms with E-state index in [9.17, 15) is 4.79 Å². The van der Waals surface area contributed by atoms with Crippen LogP contribution in [0.1, 0.15) is 18.4 Å². The smallest absolute Gasteiger partial charge is 0.239 e. The van der Waals surface area contributed by atoms with Gasteiger partial charge in [0.2, 0.25) is 5.91 Å². The molecule has 21 heavy (non-hydrogen) atoms. The number of benzene rings is 1. The highest BCUT2D eigenvalue weighted by atomic mass is 16.2. The minimum absolute atomic E-state index is 0.0992. The van der Waals surface area contributed by atoms with Gasteiger partial charge in [-0.2, -0.15) is 0 Å².